The molecule has 1 atom stereocenters. The predicted molar refractivity (Wildman–Crippen MR) is 132 cm³/mol. The van der Waals surface area contributed by atoms with Crippen molar-refractivity contribution in [2.45, 2.75) is 45.1 Å². The second-order valence-electron chi connectivity index (χ2n) is 8.54. The number of amides is 2. The average Bonchev–Trinajstić information content (AvgIpc) is 3.11. The first-order valence-electron chi connectivity index (χ1n) is 11.7. The number of benzene rings is 1. The van der Waals surface area contributed by atoms with E-state index >= 15 is 0 Å². The standard InChI is InChI=1S/C25H31N5O2S/c1-19(10-11-20-7-3-2-4-8-20)27-22(31)12-13-23(32)29-15-6-16-30(18-17-29)25-28-21-9-5-14-26-24(21)33-25/h2-5,7-9,14,19H,6,10-13,15-18H2,1H3,(H,27,31). The molecule has 2 aromatic heterocycles. The van der Waals surface area contributed by atoms with Crippen molar-refractivity contribution in [3.8, 4) is 0 Å². The van der Waals surface area contributed by atoms with E-state index in [4.69, 9.17) is 4.98 Å². The number of hydrogen-bond acceptors (Lipinski definition) is 6. The SMILES string of the molecule is CC(CCc1ccccc1)NC(=O)CCC(=O)N1CCCN(c2nc3cccnc3s2)CC1. The highest BCUT2D eigenvalue weighted by atomic mass is 32.1. The van der Waals surface area contributed by atoms with Gasteiger partial charge in [0.05, 0.1) is 0 Å². The Balaban J connectivity index is 1.19. The highest BCUT2D eigenvalue weighted by molar-refractivity contribution is 7.21. The van der Waals surface area contributed by atoms with E-state index in [0.717, 1.165) is 47.8 Å². The Bertz CT molecular complexity index is 1040. The number of pyridine rings is 1. The van der Waals surface area contributed by atoms with Crippen LogP contribution in [-0.4, -0.2) is 58.9 Å². The van der Waals surface area contributed by atoms with Crippen LogP contribution >= 0.6 is 11.3 Å². The van der Waals surface area contributed by atoms with E-state index in [1.54, 1.807) is 17.5 Å². The Morgan fingerprint density at radius 3 is 2.73 bits per heavy atom. The molecule has 7 nitrogen and oxygen atoms in total. The average molecular weight is 466 g/mol. The van der Waals surface area contributed by atoms with Gasteiger partial charge in [-0.05, 0) is 43.9 Å². The fraction of sp³-hybridized carbons (Fsp3) is 0.440. The molecule has 3 heterocycles. The minimum Gasteiger partial charge on any atom is -0.354 e. The normalized spacial score (nSPS) is 15.3. The molecular weight excluding hydrogens is 434 g/mol. The zero-order valence-electron chi connectivity index (χ0n) is 19.1. The number of thiazole rings is 1. The topological polar surface area (TPSA) is 78.4 Å². The minimum atomic E-state index is -0.0534. The van der Waals surface area contributed by atoms with Crippen molar-refractivity contribution in [2.24, 2.45) is 0 Å². The van der Waals surface area contributed by atoms with Gasteiger partial charge in [0.15, 0.2) is 5.13 Å². The molecule has 1 aliphatic heterocycles. The number of rotatable bonds is 8. The summed E-state index contributed by atoms with van der Waals surface area (Å²) in [4.78, 5) is 39.2. The lowest BCUT2D eigenvalue weighted by molar-refractivity contribution is -0.133. The molecule has 1 aliphatic rings. The molecule has 1 aromatic carbocycles. The van der Waals surface area contributed by atoms with Crippen LogP contribution in [0.15, 0.2) is 48.7 Å². The zero-order valence-corrected chi connectivity index (χ0v) is 19.9. The van der Waals surface area contributed by atoms with Gasteiger partial charge in [0.2, 0.25) is 11.8 Å². The highest BCUT2D eigenvalue weighted by Gasteiger charge is 2.22. The number of fused-ring (bicyclic) bond motifs is 1. The highest BCUT2D eigenvalue weighted by Crippen LogP contribution is 2.27. The van der Waals surface area contributed by atoms with Crippen LogP contribution in [0.1, 0.15) is 38.2 Å². The summed E-state index contributed by atoms with van der Waals surface area (Å²) in [5.41, 5.74) is 2.18. The number of aryl methyl sites for hydroxylation is 1. The number of anilines is 1. The van der Waals surface area contributed by atoms with Gasteiger partial charge >= 0.3 is 0 Å². The third-order valence-corrected chi connectivity index (χ3v) is 7.00. The summed E-state index contributed by atoms with van der Waals surface area (Å²) in [6, 6.07) is 14.2. The molecule has 3 aromatic rings. The van der Waals surface area contributed by atoms with E-state index in [2.05, 4.69) is 27.3 Å². The maximum atomic E-state index is 12.7. The molecule has 0 radical (unpaired) electrons. The van der Waals surface area contributed by atoms with Crippen molar-refractivity contribution in [3.05, 3.63) is 54.2 Å². The third-order valence-electron chi connectivity index (χ3n) is 5.96. The first-order valence-corrected chi connectivity index (χ1v) is 12.5. The Hall–Kier alpha value is -3.00. The summed E-state index contributed by atoms with van der Waals surface area (Å²) in [7, 11) is 0. The van der Waals surface area contributed by atoms with E-state index in [1.165, 1.54) is 5.56 Å². The molecule has 1 N–H and O–H groups in total. The number of nitrogens with one attached hydrogen (secondary N) is 1. The fourth-order valence-electron chi connectivity index (χ4n) is 4.08. The van der Waals surface area contributed by atoms with Crippen LogP contribution in [0.2, 0.25) is 0 Å². The predicted octanol–water partition coefficient (Wildman–Crippen LogP) is 3.65. The second-order valence-corrected chi connectivity index (χ2v) is 9.49. The van der Waals surface area contributed by atoms with Gasteiger partial charge in [-0.25, -0.2) is 9.97 Å². The molecule has 33 heavy (non-hydrogen) atoms. The van der Waals surface area contributed by atoms with E-state index in [9.17, 15) is 9.59 Å². The maximum Gasteiger partial charge on any atom is 0.223 e. The zero-order chi connectivity index (χ0) is 23.0. The van der Waals surface area contributed by atoms with Gasteiger partial charge in [-0.1, -0.05) is 41.7 Å². The maximum absolute atomic E-state index is 12.7. The van der Waals surface area contributed by atoms with Gasteiger partial charge in [0.25, 0.3) is 0 Å². The molecule has 0 spiro atoms. The van der Waals surface area contributed by atoms with Gasteiger partial charge in [-0.3, -0.25) is 9.59 Å². The number of carbonyl (C=O) groups excluding carboxylic acids is 2. The molecule has 0 aliphatic carbocycles. The molecule has 1 unspecified atom stereocenters. The summed E-state index contributed by atoms with van der Waals surface area (Å²) in [6.45, 7) is 4.99. The number of aromatic nitrogens is 2. The summed E-state index contributed by atoms with van der Waals surface area (Å²) in [5, 5.41) is 3.99. The summed E-state index contributed by atoms with van der Waals surface area (Å²) in [6.07, 6.45) is 4.97. The van der Waals surface area contributed by atoms with Crippen molar-refractivity contribution in [1.29, 1.82) is 0 Å². The number of nitrogens with zero attached hydrogens (tertiary/aromatic N) is 4. The molecule has 0 bridgehead atoms. The van der Waals surface area contributed by atoms with Gasteiger partial charge in [-0.2, -0.15) is 0 Å². The quantitative estimate of drug-likeness (QED) is 0.549. The van der Waals surface area contributed by atoms with Crippen molar-refractivity contribution < 1.29 is 9.59 Å². The molecular formula is C25H31N5O2S. The van der Waals surface area contributed by atoms with Gasteiger partial charge in [0, 0.05) is 51.3 Å². The van der Waals surface area contributed by atoms with Crippen LogP contribution < -0.4 is 10.2 Å². The van der Waals surface area contributed by atoms with E-state index in [0.29, 0.717) is 13.1 Å². The van der Waals surface area contributed by atoms with Crippen LogP contribution in [0.3, 0.4) is 0 Å². The molecule has 1 fully saturated rings. The van der Waals surface area contributed by atoms with E-state index in [1.807, 2.05) is 42.2 Å². The molecule has 0 saturated carbocycles. The van der Waals surface area contributed by atoms with Gasteiger partial charge in [-0.15, -0.1) is 0 Å². The molecule has 1 saturated heterocycles. The van der Waals surface area contributed by atoms with Gasteiger partial charge < -0.3 is 15.1 Å². The monoisotopic (exact) mass is 465 g/mol. The van der Waals surface area contributed by atoms with Crippen LogP contribution in [0.5, 0.6) is 0 Å². The first-order chi connectivity index (χ1) is 16.1. The summed E-state index contributed by atoms with van der Waals surface area (Å²) >= 11 is 1.59. The number of hydrogen-bond donors (Lipinski definition) is 1. The number of carbonyl (C=O) groups is 2. The summed E-state index contributed by atoms with van der Waals surface area (Å²) in [5.74, 6) is -0.00255. The van der Waals surface area contributed by atoms with Gasteiger partial charge in [0.1, 0.15) is 10.3 Å². The van der Waals surface area contributed by atoms with Crippen LogP contribution in [0.4, 0.5) is 5.13 Å². The van der Waals surface area contributed by atoms with Crippen LogP contribution in [-0.2, 0) is 16.0 Å². The Morgan fingerprint density at radius 2 is 1.91 bits per heavy atom. The van der Waals surface area contributed by atoms with Crippen LogP contribution in [0, 0.1) is 0 Å². The van der Waals surface area contributed by atoms with Crippen molar-refractivity contribution >= 4 is 38.6 Å². The van der Waals surface area contributed by atoms with Crippen molar-refractivity contribution in [3.63, 3.8) is 0 Å². The molecule has 174 valence electrons. The second kappa shape index (κ2) is 11.2. The van der Waals surface area contributed by atoms with Crippen molar-refractivity contribution in [2.75, 3.05) is 31.1 Å². The Morgan fingerprint density at radius 1 is 1.06 bits per heavy atom. The molecule has 2 amide bonds. The minimum absolute atomic E-state index is 0.0508. The van der Waals surface area contributed by atoms with E-state index in [-0.39, 0.29) is 30.7 Å². The lowest BCUT2D eigenvalue weighted by Crippen LogP contribution is -2.37. The van der Waals surface area contributed by atoms with E-state index < -0.39 is 0 Å². The third kappa shape index (κ3) is 6.51. The largest absolute Gasteiger partial charge is 0.354 e. The lowest BCUT2D eigenvalue weighted by atomic mass is 10.1. The van der Waals surface area contributed by atoms with Crippen molar-refractivity contribution in [1.82, 2.24) is 20.2 Å². The Kier molecular flexibility index (Phi) is 7.88. The first kappa shape index (κ1) is 23.2. The fourth-order valence-corrected chi connectivity index (χ4v) is 5.04. The molecule has 8 heteroatoms. The lowest BCUT2D eigenvalue weighted by Gasteiger charge is -2.22. The smallest absolute Gasteiger partial charge is 0.223 e. The van der Waals surface area contributed by atoms with Crippen LogP contribution in [0.25, 0.3) is 10.3 Å². The summed E-state index contributed by atoms with van der Waals surface area (Å²) < 4.78 is 0. The molecule has 4 rings (SSSR count). The Labute approximate surface area is 198 Å².